The average molecular weight is 377 g/mol. The summed E-state index contributed by atoms with van der Waals surface area (Å²) in [6.45, 7) is 4.43. The summed E-state index contributed by atoms with van der Waals surface area (Å²) in [6, 6.07) is 10.6. The van der Waals surface area contributed by atoms with E-state index < -0.39 is 0 Å². The van der Waals surface area contributed by atoms with Gasteiger partial charge < -0.3 is 24.0 Å². The smallest absolute Gasteiger partial charge is 0.303 e. The van der Waals surface area contributed by atoms with E-state index in [0.29, 0.717) is 0 Å². The third-order valence-electron chi connectivity index (χ3n) is 2.62. The van der Waals surface area contributed by atoms with Gasteiger partial charge in [0.25, 0.3) is 0 Å². The van der Waals surface area contributed by atoms with Crippen LogP contribution in [0.3, 0.4) is 0 Å². The fraction of sp³-hybridized carbons (Fsp3) is 0.308. The first-order valence-corrected chi connectivity index (χ1v) is 7.45. The monoisotopic (exact) mass is 377 g/mol. The molecule has 1 aromatic carbocycles. The number of benzene rings is 1. The molecule has 1 nitrogen and oxygen atoms in total. The minimum absolute atomic E-state index is 0. The quantitative estimate of drug-likeness (QED) is 0.431. The third kappa shape index (κ3) is 3.03. The molecule has 0 radical (unpaired) electrons. The Morgan fingerprint density at radius 1 is 1.24 bits per heavy atom. The Bertz CT molecular complexity index is 480. The normalized spacial score (nSPS) is 10.1. The highest BCUT2D eigenvalue weighted by Crippen LogP contribution is 2.25. The zero-order valence-corrected chi connectivity index (χ0v) is 14.0. The van der Waals surface area contributed by atoms with E-state index in [-0.39, 0.29) is 24.0 Å². The molecule has 0 atom stereocenters. The van der Waals surface area contributed by atoms with E-state index in [0.717, 1.165) is 6.42 Å². The summed E-state index contributed by atoms with van der Waals surface area (Å²) in [7, 11) is 0. The van der Waals surface area contributed by atoms with Crippen LogP contribution in [0, 0.1) is 6.92 Å². The second-order valence-corrected chi connectivity index (χ2v) is 5.86. The summed E-state index contributed by atoms with van der Waals surface area (Å²) >= 11 is 3.71. The molecule has 2 aromatic rings. The van der Waals surface area contributed by atoms with Crippen molar-refractivity contribution in [2.45, 2.75) is 24.6 Å². The summed E-state index contributed by atoms with van der Waals surface area (Å²) in [5.74, 6) is 0. The van der Waals surface area contributed by atoms with Crippen LogP contribution in [0.4, 0.5) is 0 Å². The van der Waals surface area contributed by atoms with Crippen molar-refractivity contribution in [2.75, 3.05) is 6.26 Å². The topological polar surface area (TPSA) is 3.88 Å². The fourth-order valence-electron chi connectivity index (χ4n) is 1.88. The van der Waals surface area contributed by atoms with Gasteiger partial charge in [-0.3, -0.25) is 0 Å². The average Bonchev–Trinajstić information content (AvgIpc) is 2.66. The number of para-hydroxylation sites is 1. The molecule has 4 heteroatoms. The number of rotatable bonds is 3. The Hall–Kier alpha value is -0.0700. The first kappa shape index (κ1) is 15.0. The van der Waals surface area contributed by atoms with Crippen molar-refractivity contribution in [2.24, 2.45) is 0 Å². The van der Waals surface area contributed by atoms with E-state index >= 15 is 0 Å². The van der Waals surface area contributed by atoms with E-state index in [1.165, 1.54) is 20.6 Å². The first-order valence-electron chi connectivity index (χ1n) is 5.41. The molecule has 0 aliphatic rings. The lowest BCUT2D eigenvalue weighted by atomic mass is 10.2. The third-order valence-corrected chi connectivity index (χ3v) is 4.80. The highest BCUT2D eigenvalue weighted by atomic mass is 127. The number of aromatic nitrogens is 1. The maximum absolute atomic E-state index is 2.38. The molecule has 0 aliphatic heterocycles. The highest BCUT2D eigenvalue weighted by molar-refractivity contribution is 8.00. The number of hydrogen-bond donors (Lipinski definition) is 0. The summed E-state index contributed by atoms with van der Waals surface area (Å²) in [6.07, 6.45) is 3.22. The molecule has 0 saturated carbocycles. The Kier molecular flexibility index (Phi) is 5.95. The molecular formula is C13H16INS2. The molecule has 0 fully saturated rings. The van der Waals surface area contributed by atoms with Crippen molar-refractivity contribution >= 4 is 23.1 Å². The van der Waals surface area contributed by atoms with Crippen LogP contribution in [0.15, 0.2) is 34.7 Å². The van der Waals surface area contributed by atoms with E-state index in [1.54, 1.807) is 0 Å². The van der Waals surface area contributed by atoms with E-state index in [2.05, 4.69) is 55.0 Å². The van der Waals surface area contributed by atoms with Crippen LogP contribution in [0.5, 0.6) is 0 Å². The molecule has 17 heavy (non-hydrogen) atoms. The maximum atomic E-state index is 2.38. The first-order chi connectivity index (χ1) is 7.77. The largest absolute Gasteiger partial charge is 1.00 e. The van der Waals surface area contributed by atoms with Crippen LogP contribution in [0.1, 0.15) is 17.5 Å². The van der Waals surface area contributed by atoms with Crippen LogP contribution in [-0.4, -0.2) is 6.26 Å². The van der Waals surface area contributed by atoms with Crippen molar-refractivity contribution in [1.82, 2.24) is 0 Å². The van der Waals surface area contributed by atoms with Gasteiger partial charge in [-0.2, -0.15) is 0 Å². The molecule has 2 rings (SSSR count). The van der Waals surface area contributed by atoms with Crippen molar-refractivity contribution < 1.29 is 28.5 Å². The number of thioether (sulfide) groups is 1. The molecule has 0 unspecified atom stereocenters. The molecule has 92 valence electrons. The lowest BCUT2D eigenvalue weighted by molar-refractivity contribution is -0.636. The zero-order valence-electron chi connectivity index (χ0n) is 10.2. The number of nitrogens with zero attached hydrogens (tertiary/aromatic N) is 1. The van der Waals surface area contributed by atoms with Gasteiger partial charge in [0.15, 0.2) is 0 Å². The van der Waals surface area contributed by atoms with Crippen LogP contribution in [0.2, 0.25) is 0 Å². The molecule has 0 N–H and O–H groups in total. The van der Waals surface area contributed by atoms with Crippen LogP contribution >= 0.6 is 23.1 Å². The molecule has 0 spiro atoms. The molecular weight excluding hydrogens is 361 g/mol. The summed E-state index contributed by atoms with van der Waals surface area (Å²) in [5.41, 5.74) is 2.70. The van der Waals surface area contributed by atoms with Gasteiger partial charge in [0, 0.05) is 18.6 Å². The predicted octanol–water partition coefficient (Wildman–Crippen LogP) is 0.622. The van der Waals surface area contributed by atoms with Gasteiger partial charge >= 0.3 is 4.34 Å². The Balaban J connectivity index is 0.00000144. The fourth-order valence-corrected chi connectivity index (χ4v) is 3.91. The summed E-state index contributed by atoms with van der Waals surface area (Å²) in [4.78, 5) is 1.43. The molecule has 0 saturated heterocycles. The Morgan fingerprint density at radius 3 is 2.41 bits per heavy atom. The van der Waals surface area contributed by atoms with Crippen molar-refractivity contribution in [3.63, 3.8) is 0 Å². The number of thiazole rings is 1. The number of halogens is 1. The molecule has 0 aliphatic carbocycles. The van der Waals surface area contributed by atoms with Gasteiger partial charge in [-0.25, -0.2) is 0 Å². The van der Waals surface area contributed by atoms with Crippen LogP contribution in [0.25, 0.3) is 5.69 Å². The molecule has 1 aromatic heterocycles. The van der Waals surface area contributed by atoms with Gasteiger partial charge in [0.05, 0.1) is 4.88 Å². The Morgan fingerprint density at radius 2 is 1.88 bits per heavy atom. The van der Waals surface area contributed by atoms with Gasteiger partial charge in [0.1, 0.15) is 0 Å². The molecule has 1 heterocycles. The highest BCUT2D eigenvalue weighted by Gasteiger charge is 2.24. The number of hydrogen-bond acceptors (Lipinski definition) is 2. The lowest BCUT2D eigenvalue weighted by Crippen LogP contribution is -3.00. The van der Waals surface area contributed by atoms with Crippen LogP contribution < -0.4 is 28.5 Å². The van der Waals surface area contributed by atoms with Gasteiger partial charge in [-0.1, -0.05) is 36.5 Å². The second-order valence-electron chi connectivity index (χ2n) is 3.60. The summed E-state index contributed by atoms with van der Waals surface area (Å²) in [5, 5.41) is 0. The van der Waals surface area contributed by atoms with Gasteiger partial charge in [-0.05, 0) is 24.9 Å². The van der Waals surface area contributed by atoms with Gasteiger partial charge in [0.2, 0.25) is 11.4 Å². The SMILES string of the molecule is CCc1c(C)sc(SC)[n+]1-c1ccccc1.[I-]. The van der Waals surface area contributed by atoms with Crippen molar-refractivity contribution in [3.05, 3.63) is 40.9 Å². The minimum Gasteiger partial charge on any atom is -1.00 e. The van der Waals surface area contributed by atoms with E-state index in [1.807, 2.05) is 23.1 Å². The summed E-state index contributed by atoms with van der Waals surface area (Å²) < 4.78 is 3.74. The predicted molar refractivity (Wildman–Crippen MR) is 71.7 cm³/mol. The van der Waals surface area contributed by atoms with E-state index in [4.69, 9.17) is 0 Å². The minimum atomic E-state index is 0. The second kappa shape index (κ2) is 6.75. The zero-order chi connectivity index (χ0) is 11.5. The number of aryl methyl sites for hydroxylation is 1. The molecule has 0 amide bonds. The van der Waals surface area contributed by atoms with Crippen molar-refractivity contribution in [1.29, 1.82) is 0 Å². The van der Waals surface area contributed by atoms with Crippen LogP contribution in [-0.2, 0) is 6.42 Å². The Labute approximate surface area is 128 Å². The lowest BCUT2D eigenvalue weighted by Gasteiger charge is -1.98. The van der Waals surface area contributed by atoms with Gasteiger partial charge in [-0.15, -0.1) is 4.57 Å². The molecule has 0 bridgehead atoms. The standard InChI is InChI=1S/C13H16NS2.HI/c1-4-12-10(2)16-13(15-3)14(12)11-8-6-5-7-9-11;/h5-9H,4H2,1-3H3;1H/q+1;/p-1. The van der Waals surface area contributed by atoms with E-state index in [9.17, 15) is 0 Å². The van der Waals surface area contributed by atoms with Crippen molar-refractivity contribution in [3.8, 4) is 5.69 Å². The maximum Gasteiger partial charge on any atom is 0.303 e.